The molecule has 16 heavy (non-hydrogen) atoms. The topological polar surface area (TPSA) is 26.0 Å². The largest absolute Gasteiger partial charge is 0.398 e. The van der Waals surface area contributed by atoms with Gasteiger partial charge in [0.15, 0.2) is 0 Å². The lowest BCUT2D eigenvalue weighted by Crippen LogP contribution is -2.19. The summed E-state index contributed by atoms with van der Waals surface area (Å²) in [4.78, 5) is 0. The molecule has 2 atom stereocenters. The van der Waals surface area contributed by atoms with Gasteiger partial charge in [0.25, 0.3) is 0 Å². The molecule has 0 bridgehead atoms. The summed E-state index contributed by atoms with van der Waals surface area (Å²) in [6, 6.07) is 8.17. The van der Waals surface area contributed by atoms with Crippen LogP contribution in [0.3, 0.4) is 0 Å². The van der Waals surface area contributed by atoms with Crippen molar-refractivity contribution in [2.75, 3.05) is 5.73 Å². The molecule has 1 aliphatic carbocycles. The van der Waals surface area contributed by atoms with Gasteiger partial charge in [0, 0.05) is 5.69 Å². The Balaban J connectivity index is 2.33. The first-order valence-electron chi connectivity index (χ1n) is 6.24. The van der Waals surface area contributed by atoms with E-state index in [1.54, 1.807) is 0 Å². The van der Waals surface area contributed by atoms with Gasteiger partial charge >= 0.3 is 0 Å². The van der Waals surface area contributed by atoms with E-state index in [1.165, 1.54) is 31.2 Å². The molecule has 0 aromatic heterocycles. The van der Waals surface area contributed by atoms with Gasteiger partial charge in [0.2, 0.25) is 0 Å². The first-order valence-corrected chi connectivity index (χ1v) is 6.24. The van der Waals surface area contributed by atoms with Crippen molar-refractivity contribution in [3.63, 3.8) is 0 Å². The highest BCUT2D eigenvalue weighted by Gasteiger charge is 2.32. The summed E-state index contributed by atoms with van der Waals surface area (Å²) >= 11 is 0. The summed E-state index contributed by atoms with van der Waals surface area (Å²) in [7, 11) is 6.47. The number of nitrogens with two attached hydrogens (primary N) is 1. The zero-order chi connectivity index (χ0) is 11.6. The lowest BCUT2D eigenvalue weighted by atomic mass is 9.57. The molecule has 1 aromatic rings. The SMILES string of the molecule is [B]C1(C)CCCCCC1c1ccccc1N. The second-order valence-electron chi connectivity index (χ2n) is 5.29. The smallest absolute Gasteiger partial charge is 0.0750 e. The van der Waals surface area contributed by atoms with Crippen LogP contribution in [0.5, 0.6) is 0 Å². The van der Waals surface area contributed by atoms with Crippen molar-refractivity contribution >= 4 is 13.5 Å². The highest BCUT2D eigenvalue weighted by atomic mass is 14.6. The number of nitrogen functional groups attached to an aromatic ring is 1. The molecule has 0 heterocycles. The van der Waals surface area contributed by atoms with Gasteiger partial charge in [-0.3, -0.25) is 0 Å². The number of rotatable bonds is 1. The van der Waals surface area contributed by atoms with Crippen molar-refractivity contribution in [2.45, 2.75) is 50.3 Å². The van der Waals surface area contributed by atoms with Gasteiger partial charge in [0.05, 0.1) is 7.85 Å². The van der Waals surface area contributed by atoms with Gasteiger partial charge in [-0.1, -0.05) is 56.1 Å². The van der Waals surface area contributed by atoms with Crippen LogP contribution in [-0.4, -0.2) is 7.85 Å². The zero-order valence-corrected chi connectivity index (χ0v) is 10.1. The second-order valence-corrected chi connectivity index (χ2v) is 5.29. The van der Waals surface area contributed by atoms with Crippen molar-refractivity contribution in [3.8, 4) is 0 Å². The lowest BCUT2D eigenvalue weighted by Gasteiger charge is -2.34. The Bertz CT molecular complexity index is 360. The molecule has 1 saturated carbocycles. The Morgan fingerprint density at radius 3 is 2.75 bits per heavy atom. The monoisotopic (exact) mass is 213 g/mol. The highest BCUT2D eigenvalue weighted by molar-refractivity contribution is 6.15. The number of hydrogen-bond donors (Lipinski definition) is 1. The summed E-state index contributed by atoms with van der Waals surface area (Å²) < 4.78 is 0. The Hall–Kier alpha value is -0.915. The van der Waals surface area contributed by atoms with Crippen LogP contribution in [0.15, 0.2) is 24.3 Å². The summed E-state index contributed by atoms with van der Waals surface area (Å²) in [5, 5.41) is -0.105. The van der Waals surface area contributed by atoms with Crippen molar-refractivity contribution < 1.29 is 0 Å². The van der Waals surface area contributed by atoms with Gasteiger partial charge in [-0.15, -0.1) is 0 Å². The molecule has 2 rings (SSSR count). The Morgan fingerprint density at radius 1 is 1.25 bits per heavy atom. The fourth-order valence-electron chi connectivity index (χ4n) is 2.87. The van der Waals surface area contributed by atoms with Crippen LogP contribution in [0.25, 0.3) is 0 Å². The molecule has 2 unspecified atom stereocenters. The van der Waals surface area contributed by atoms with E-state index >= 15 is 0 Å². The first kappa shape index (κ1) is 11.6. The molecule has 0 spiro atoms. The maximum Gasteiger partial charge on any atom is 0.0750 e. The molecular formula is C14H20BN. The Labute approximate surface area is 99.8 Å². The van der Waals surface area contributed by atoms with Crippen molar-refractivity contribution in [1.82, 2.24) is 0 Å². The number of para-hydroxylation sites is 1. The van der Waals surface area contributed by atoms with Crippen LogP contribution in [0.2, 0.25) is 5.31 Å². The first-order chi connectivity index (χ1) is 7.61. The maximum atomic E-state index is 6.47. The Morgan fingerprint density at radius 2 is 2.00 bits per heavy atom. The minimum Gasteiger partial charge on any atom is -0.398 e. The highest BCUT2D eigenvalue weighted by Crippen LogP contribution is 2.50. The molecule has 1 aliphatic rings. The fourth-order valence-corrected chi connectivity index (χ4v) is 2.87. The summed E-state index contributed by atoms with van der Waals surface area (Å²) in [5.41, 5.74) is 8.21. The molecule has 2 radical (unpaired) electrons. The van der Waals surface area contributed by atoms with E-state index in [2.05, 4.69) is 19.1 Å². The molecule has 2 heteroatoms. The van der Waals surface area contributed by atoms with Gasteiger partial charge < -0.3 is 5.73 Å². The molecule has 2 N–H and O–H groups in total. The van der Waals surface area contributed by atoms with Gasteiger partial charge in [-0.25, -0.2) is 0 Å². The van der Waals surface area contributed by atoms with Crippen molar-refractivity contribution in [1.29, 1.82) is 0 Å². The number of benzene rings is 1. The molecule has 1 fully saturated rings. The van der Waals surface area contributed by atoms with E-state index in [-0.39, 0.29) is 5.31 Å². The standard InChI is InChI=1S/C14H20BN/c1-14(15)10-6-2-3-8-12(14)11-7-4-5-9-13(11)16/h4-5,7,9,12H,2-3,6,8,10,16H2,1H3. The third-order valence-electron chi connectivity index (χ3n) is 3.88. The third kappa shape index (κ3) is 2.26. The lowest BCUT2D eigenvalue weighted by molar-refractivity contribution is 0.459. The predicted molar refractivity (Wildman–Crippen MR) is 70.8 cm³/mol. The molecule has 1 nitrogen and oxygen atoms in total. The van der Waals surface area contributed by atoms with Crippen LogP contribution in [0.4, 0.5) is 5.69 Å². The minimum absolute atomic E-state index is 0.105. The van der Waals surface area contributed by atoms with Gasteiger partial charge in [-0.2, -0.15) is 0 Å². The quantitative estimate of drug-likeness (QED) is 0.430. The maximum absolute atomic E-state index is 6.47. The molecule has 0 aliphatic heterocycles. The van der Waals surface area contributed by atoms with Crippen LogP contribution in [0.1, 0.15) is 50.5 Å². The fraction of sp³-hybridized carbons (Fsp3) is 0.571. The van der Waals surface area contributed by atoms with Gasteiger partial charge in [0.1, 0.15) is 0 Å². The number of hydrogen-bond acceptors (Lipinski definition) is 1. The number of anilines is 1. The predicted octanol–water partition coefficient (Wildman–Crippen LogP) is 3.66. The average Bonchev–Trinajstić information content (AvgIpc) is 2.40. The van der Waals surface area contributed by atoms with E-state index in [1.807, 2.05) is 12.1 Å². The summed E-state index contributed by atoms with van der Waals surface area (Å²) in [5.74, 6) is 0.413. The van der Waals surface area contributed by atoms with Crippen LogP contribution in [-0.2, 0) is 0 Å². The average molecular weight is 213 g/mol. The van der Waals surface area contributed by atoms with Crippen molar-refractivity contribution in [3.05, 3.63) is 29.8 Å². The van der Waals surface area contributed by atoms with Crippen LogP contribution >= 0.6 is 0 Å². The van der Waals surface area contributed by atoms with E-state index in [0.717, 1.165) is 12.1 Å². The molecule has 0 amide bonds. The van der Waals surface area contributed by atoms with Crippen LogP contribution in [0, 0.1) is 0 Å². The summed E-state index contributed by atoms with van der Waals surface area (Å²) in [6.45, 7) is 2.18. The van der Waals surface area contributed by atoms with Crippen LogP contribution < -0.4 is 5.73 Å². The molecule has 1 aromatic carbocycles. The minimum atomic E-state index is -0.105. The normalized spacial score (nSPS) is 30.9. The third-order valence-corrected chi connectivity index (χ3v) is 3.88. The van der Waals surface area contributed by atoms with Gasteiger partial charge in [-0.05, 0) is 24.0 Å². The molecule has 84 valence electrons. The van der Waals surface area contributed by atoms with E-state index in [4.69, 9.17) is 13.6 Å². The van der Waals surface area contributed by atoms with E-state index in [9.17, 15) is 0 Å². The second kappa shape index (κ2) is 4.53. The van der Waals surface area contributed by atoms with E-state index in [0.29, 0.717) is 5.92 Å². The molecule has 0 saturated heterocycles. The zero-order valence-electron chi connectivity index (χ0n) is 10.1. The molecular weight excluding hydrogens is 193 g/mol. The van der Waals surface area contributed by atoms with E-state index < -0.39 is 0 Å². The Kier molecular flexibility index (Phi) is 3.27. The summed E-state index contributed by atoms with van der Waals surface area (Å²) in [6.07, 6.45) is 6.09. The van der Waals surface area contributed by atoms with Crippen molar-refractivity contribution in [2.24, 2.45) is 0 Å².